The van der Waals surface area contributed by atoms with E-state index in [1.807, 2.05) is 0 Å². The molecule has 0 aromatic heterocycles. The summed E-state index contributed by atoms with van der Waals surface area (Å²) in [5, 5.41) is 10.6. The molecule has 1 N–H and O–H groups in total. The quantitative estimate of drug-likeness (QED) is 0.869. The van der Waals surface area contributed by atoms with Gasteiger partial charge >= 0.3 is 0 Å². The summed E-state index contributed by atoms with van der Waals surface area (Å²) in [7, 11) is 0. The van der Waals surface area contributed by atoms with Crippen molar-refractivity contribution in [2.24, 2.45) is 17.8 Å². The number of fused-ring (bicyclic) bond motifs is 3. The van der Waals surface area contributed by atoms with E-state index in [9.17, 15) is 5.11 Å². The van der Waals surface area contributed by atoms with Gasteiger partial charge in [0.05, 0.1) is 6.10 Å². The molecule has 4 rings (SSSR count). The van der Waals surface area contributed by atoms with E-state index in [1.165, 1.54) is 38.5 Å². The first-order valence-electron chi connectivity index (χ1n) is 8.10. The Morgan fingerprint density at radius 1 is 1.11 bits per heavy atom. The minimum absolute atomic E-state index is 0.0377. The Morgan fingerprint density at radius 2 is 1.89 bits per heavy atom. The fourth-order valence-electron chi connectivity index (χ4n) is 4.89. The lowest BCUT2D eigenvalue weighted by Gasteiger charge is -2.15. The van der Waals surface area contributed by atoms with Crippen molar-refractivity contribution < 1.29 is 5.11 Å². The lowest BCUT2D eigenvalue weighted by Crippen LogP contribution is -2.15. The Labute approximate surface area is 116 Å². The molecule has 102 valence electrons. The third-order valence-corrected chi connectivity index (χ3v) is 5.88. The minimum Gasteiger partial charge on any atom is -0.393 e. The first kappa shape index (κ1) is 12.0. The molecule has 0 amide bonds. The molecular weight excluding hydrogens is 232 g/mol. The molecule has 4 atom stereocenters. The van der Waals surface area contributed by atoms with E-state index in [0.29, 0.717) is 11.8 Å². The van der Waals surface area contributed by atoms with Crippen LogP contribution in [-0.4, -0.2) is 11.2 Å². The summed E-state index contributed by atoms with van der Waals surface area (Å²) in [5.41, 5.74) is 3.09. The van der Waals surface area contributed by atoms with Crippen LogP contribution in [0.4, 0.5) is 0 Å². The predicted octanol–water partition coefficient (Wildman–Crippen LogP) is 3.90. The van der Waals surface area contributed by atoms with Crippen LogP contribution < -0.4 is 0 Å². The minimum atomic E-state index is -0.0377. The zero-order valence-corrected chi connectivity index (χ0v) is 11.6. The Morgan fingerprint density at radius 3 is 2.74 bits per heavy atom. The van der Waals surface area contributed by atoms with Gasteiger partial charge in [0, 0.05) is 0 Å². The van der Waals surface area contributed by atoms with Gasteiger partial charge in [-0.25, -0.2) is 0 Å². The molecule has 2 saturated carbocycles. The Hall–Kier alpha value is -0.820. The topological polar surface area (TPSA) is 20.2 Å². The van der Waals surface area contributed by atoms with Gasteiger partial charge in [-0.2, -0.15) is 0 Å². The van der Waals surface area contributed by atoms with Gasteiger partial charge in [-0.15, -0.1) is 0 Å². The molecule has 2 fully saturated rings. The lowest BCUT2D eigenvalue weighted by atomic mass is 9.92. The summed E-state index contributed by atoms with van der Waals surface area (Å²) < 4.78 is 0. The first-order valence-corrected chi connectivity index (χ1v) is 8.10. The number of benzene rings is 1. The predicted molar refractivity (Wildman–Crippen MR) is 77.1 cm³/mol. The first-order chi connectivity index (χ1) is 9.34. The molecule has 19 heavy (non-hydrogen) atoms. The molecule has 1 aromatic rings. The van der Waals surface area contributed by atoms with Gasteiger partial charge in [-0.05, 0) is 54.1 Å². The van der Waals surface area contributed by atoms with E-state index >= 15 is 0 Å². The maximum absolute atomic E-state index is 10.6. The number of rotatable bonds is 3. The third-order valence-electron chi connectivity index (χ3n) is 5.88. The molecule has 3 aliphatic carbocycles. The van der Waals surface area contributed by atoms with Crippen molar-refractivity contribution >= 4 is 0 Å². The fourth-order valence-corrected chi connectivity index (χ4v) is 4.89. The molecule has 0 spiro atoms. The molecule has 1 nitrogen and oxygen atoms in total. The van der Waals surface area contributed by atoms with Crippen molar-refractivity contribution in [3.8, 4) is 0 Å². The highest BCUT2D eigenvalue weighted by molar-refractivity contribution is 5.39. The van der Waals surface area contributed by atoms with E-state index in [4.69, 9.17) is 0 Å². The molecular formula is C18H24O. The van der Waals surface area contributed by atoms with Crippen molar-refractivity contribution in [2.45, 2.75) is 57.0 Å². The largest absolute Gasteiger partial charge is 0.393 e. The van der Waals surface area contributed by atoms with Crippen molar-refractivity contribution in [1.29, 1.82) is 0 Å². The van der Waals surface area contributed by atoms with Crippen LogP contribution in [0.1, 0.15) is 55.6 Å². The van der Waals surface area contributed by atoms with Crippen LogP contribution in [-0.2, 0) is 6.42 Å². The van der Waals surface area contributed by atoms with Crippen molar-refractivity contribution in [3.05, 3.63) is 35.4 Å². The second-order valence-corrected chi connectivity index (χ2v) is 6.96. The summed E-state index contributed by atoms with van der Waals surface area (Å²) >= 11 is 0. The van der Waals surface area contributed by atoms with Crippen molar-refractivity contribution in [3.63, 3.8) is 0 Å². The van der Waals surface area contributed by atoms with Crippen LogP contribution in [0.15, 0.2) is 24.3 Å². The molecule has 1 heteroatoms. The van der Waals surface area contributed by atoms with Crippen LogP contribution in [0.5, 0.6) is 0 Å². The van der Waals surface area contributed by atoms with Crippen LogP contribution in [0.3, 0.4) is 0 Å². The molecule has 0 bridgehead atoms. The van der Waals surface area contributed by atoms with E-state index in [2.05, 4.69) is 24.3 Å². The highest BCUT2D eigenvalue weighted by Crippen LogP contribution is 2.62. The molecule has 3 aliphatic rings. The summed E-state index contributed by atoms with van der Waals surface area (Å²) in [6.07, 6.45) is 9.04. The number of aryl methyl sites for hydroxylation is 1. The van der Waals surface area contributed by atoms with Gasteiger partial charge in [-0.3, -0.25) is 0 Å². The maximum atomic E-state index is 10.6. The average molecular weight is 256 g/mol. The van der Waals surface area contributed by atoms with E-state index in [0.717, 1.165) is 18.3 Å². The van der Waals surface area contributed by atoms with Gasteiger partial charge in [0.2, 0.25) is 0 Å². The lowest BCUT2D eigenvalue weighted by molar-refractivity contribution is 0.114. The van der Waals surface area contributed by atoms with Crippen molar-refractivity contribution in [2.75, 3.05) is 0 Å². The molecule has 0 saturated heterocycles. The SMILES string of the molecule is OC(CC1CCCC1)C1C2CCc3ccccc3C21. The van der Waals surface area contributed by atoms with Gasteiger partial charge in [-0.1, -0.05) is 49.9 Å². The van der Waals surface area contributed by atoms with Gasteiger partial charge in [0.15, 0.2) is 0 Å². The number of aliphatic hydroxyl groups excluding tert-OH is 1. The number of hydrogen-bond donors (Lipinski definition) is 1. The number of hydrogen-bond acceptors (Lipinski definition) is 1. The molecule has 1 aromatic carbocycles. The average Bonchev–Trinajstić information content (AvgIpc) is 2.98. The van der Waals surface area contributed by atoms with Crippen LogP contribution in [0.2, 0.25) is 0 Å². The van der Waals surface area contributed by atoms with E-state index in [-0.39, 0.29) is 6.10 Å². The highest BCUT2D eigenvalue weighted by atomic mass is 16.3. The normalized spacial score (nSPS) is 34.7. The van der Waals surface area contributed by atoms with E-state index in [1.54, 1.807) is 11.1 Å². The fraction of sp³-hybridized carbons (Fsp3) is 0.667. The molecule has 0 heterocycles. The Balaban J connectivity index is 1.47. The summed E-state index contributed by atoms with van der Waals surface area (Å²) in [6, 6.07) is 8.91. The summed E-state index contributed by atoms with van der Waals surface area (Å²) in [6.45, 7) is 0. The maximum Gasteiger partial charge on any atom is 0.0579 e. The standard InChI is InChI=1S/C18H24O/c19-16(11-12-5-1-2-6-12)18-15-10-9-13-7-3-4-8-14(13)17(15)18/h3-4,7-8,12,15-19H,1-2,5-6,9-11H2. The highest BCUT2D eigenvalue weighted by Gasteiger charge is 2.56. The zero-order chi connectivity index (χ0) is 12.8. The van der Waals surface area contributed by atoms with Crippen molar-refractivity contribution in [1.82, 2.24) is 0 Å². The summed E-state index contributed by atoms with van der Waals surface area (Å²) in [4.78, 5) is 0. The van der Waals surface area contributed by atoms with Gasteiger partial charge < -0.3 is 5.11 Å². The number of aliphatic hydroxyl groups is 1. The summed E-state index contributed by atoms with van der Waals surface area (Å²) in [5.74, 6) is 2.85. The van der Waals surface area contributed by atoms with Crippen LogP contribution in [0, 0.1) is 17.8 Å². The molecule has 4 unspecified atom stereocenters. The monoisotopic (exact) mass is 256 g/mol. The van der Waals surface area contributed by atoms with Crippen LogP contribution >= 0.6 is 0 Å². The molecule has 0 radical (unpaired) electrons. The van der Waals surface area contributed by atoms with Gasteiger partial charge in [0.25, 0.3) is 0 Å². The van der Waals surface area contributed by atoms with Gasteiger partial charge in [0.1, 0.15) is 0 Å². The third kappa shape index (κ3) is 2.03. The second kappa shape index (κ2) is 4.63. The smallest absolute Gasteiger partial charge is 0.0579 e. The second-order valence-electron chi connectivity index (χ2n) is 6.96. The molecule has 0 aliphatic heterocycles. The van der Waals surface area contributed by atoms with Crippen LogP contribution in [0.25, 0.3) is 0 Å². The Kier molecular flexibility index (Phi) is 2.91. The van der Waals surface area contributed by atoms with E-state index < -0.39 is 0 Å². The zero-order valence-electron chi connectivity index (χ0n) is 11.6. The Bertz CT molecular complexity index is 461.